The van der Waals surface area contributed by atoms with E-state index in [-0.39, 0.29) is 12.1 Å². The van der Waals surface area contributed by atoms with Crippen LogP contribution < -0.4 is 21.5 Å². The molecule has 1 saturated heterocycles. The molecule has 1 aromatic heterocycles. The summed E-state index contributed by atoms with van der Waals surface area (Å²) in [6, 6.07) is 1.97. The van der Waals surface area contributed by atoms with Crippen LogP contribution in [0.2, 0.25) is 0 Å². The van der Waals surface area contributed by atoms with E-state index in [0.717, 1.165) is 31.7 Å². The van der Waals surface area contributed by atoms with E-state index in [2.05, 4.69) is 25.6 Å². The van der Waals surface area contributed by atoms with Crippen molar-refractivity contribution in [1.29, 1.82) is 0 Å². The highest BCUT2D eigenvalue weighted by molar-refractivity contribution is 5.68. The molecule has 4 N–H and O–H groups in total. The fourth-order valence-electron chi connectivity index (χ4n) is 2.32. The highest BCUT2D eigenvalue weighted by Gasteiger charge is 2.24. The number of nitrogens with zero attached hydrogens (tertiary/aromatic N) is 3. The van der Waals surface area contributed by atoms with Gasteiger partial charge in [-0.25, -0.2) is 15.6 Å². The molecule has 122 valence electrons. The van der Waals surface area contributed by atoms with Gasteiger partial charge >= 0.3 is 6.09 Å². The predicted octanol–water partition coefficient (Wildman–Crippen LogP) is 1.26. The molecular formula is C14H24N6O2. The highest BCUT2D eigenvalue weighted by atomic mass is 16.6. The Balaban J connectivity index is 1.84. The Hall–Kier alpha value is -2.09. The van der Waals surface area contributed by atoms with E-state index in [1.165, 1.54) is 0 Å². The maximum Gasteiger partial charge on any atom is 0.407 e. The van der Waals surface area contributed by atoms with E-state index in [0.29, 0.717) is 5.95 Å². The monoisotopic (exact) mass is 308 g/mol. The van der Waals surface area contributed by atoms with Gasteiger partial charge in [-0.1, -0.05) is 0 Å². The van der Waals surface area contributed by atoms with Gasteiger partial charge in [0, 0.05) is 25.3 Å². The van der Waals surface area contributed by atoms with Crippen LogP contribution in [-0.4, -0.2) is 40.8 Å². The number of nitrogen functional groups attached to an aromatic ring is 1. The highest BCUT2D eigenvalue weighted by Crippen LogP contribution is 2.18. The number of aromatic nitrogens is 2. The molecule has 0 unspecified atom stereocenters. The molecule has 1 amide bonds. The number of hydrogen-bond acceptors (Lipinski definition) is 7. The molecule has 22 heavy (non-hydrogen) atoms. The molecule has 0 radical (unpaired) electrons. The number of carbonyl (C=O) groups is 1. The summed E-state index contributed by atoms with van der Waals surface area (Å²) in [6.45, 7) is 7.18. The second kappa shape index (κ2) is 6.78. The lowest BCUT2D eigenvalue weighted by molar-refractivity contribution is 0.0497. The zero-order chi connectivity index (χ0) is 16.2. The lowest BCUT2D eigenvalue weighted by Gasteiger charge is -2.33. The van der Waals surface area contributed by atoms with Crippen molar-refractivity contribution in [3.05, 3.63) is 12.3 Å². The van der Waals surface area contributed by atoms with Gasteiger partial charge in [-0.05, 0) is 39.7 Å². The van der Waals surface area contributed by atoms with Crippen molar-refractivity contribution in [3.63, 3.8) is 0 Å². The number of carbonyl (C=O) groups excluding carboxylic acids is 1. The van der Waals surface area contributed by atoms with Crippen LogP contribution in [0, 0.1) is 0 Å². The Morgan fingerprint density at radius 2 is 2.09 bits per heavy atom. The molecule has 2 heterocycles. The number of piperidine rings is 1. The summed E-state index contributed by atoms with van der Waals surface area (Å²) in [6.07, 6.45) is 2.99. The van der Waals surface area contributed by atoms with Gasteiger partial charge < -0.3 is 15.0 Å². The number of hydrogen-bond donors (Lipinski definition) is 3. The minimum absolute atomic E-state index is 0.125. The Morgan fingerprint density at radius 1 is 1.41 bits per heavy atom. The SMILES string of the molecule is CC(C)(C)OC(=O)NC1CCN(c2ccnc(NN)n2)CC1. The van der Waals surface area contributed by atoms with Crippen molar-refractivity contribution in [2.75, 3.05) is 23.4 Å². The second-order valence-corrected chi connectivity index (χ2v) is 6.29. The maximum atomic E-state index is 11.8. The van der Waals surface area contributed by atoms with Crippen LogP contribution in [0.15, 0.2) is 12.3 Å². The molecule has 1 aliphatic rings. The number of ether oxygens (including phenoxy) is 1. The normalized spacial score (nSPS) is 16.3. The van der Waals surface area contributed by atoms with Crippen molar-refractivity contribution in [1.82, 2.24) is 15.3 Å². The minimum Gasteiger partial charge on any atom is -0.444 e. The molecule has 1 fully saturated rings. The molecule has 0 atom stereocenters. The van der Waals surface area contributed by atoms with E-state index < -0.39 is 5.60 Å². The number of hydrazine groups is 1. The largest absolute Gasteiger partial charge is 0.444 e. The fourth-order valence-corrected chi connectivity index (χ4v) is 2.32. The molecule has 8 nitrogen and oxygen atoms in total. The Morgan fingerprint density at radius 3 is 2.68 bits per heavy atom. The number of alkyl carbamates (subject to hydrolysis) is 1. The molecule has 2 rings (SSSR count). The summed E-state index contributed by atoms with van der Waals surface area (Å²) in [7, 11) is 0. The van der Waals surface area contributed by atoms with Crippen LogP contribution in [0.3, 0.4) is 0 Å². The van der Waals surface area contributed by atoms with Gasteiger partial charge in [0.25, 0.3) is 0 Å². The zero-order valence-corrected chi connectivity index (χ0v) is 13.3. The Kier molecular flexibility index (Phi) is 5.02. The van der Waals surface area contributed by atoms with Gasteiger partial charge in [0.05, 0.1) is 0 Å². The van der Waals surface area contributed by atoms with E-state index in [1.54, 1.807) is 6.20 Å². The summed E-state index contributed by atoms with van der Waals surface area (Å²) >= 11 is 0. The molecule has 1 aliphatic heterocycles. The number of nitrogens with two attached hydrogens (primary N) is 1. The Labute approximate surface area is 130 Å². The molecule has 1 aromatic rings. The first kappa shape index (κ1) is 16.3. The average Bonchev–Trinajstić information content (AvgIpc) is 2.46. The summed E-state index contributed by atoms with van der Waals surface area (Å²) < 4.78 is 5.28. The smallest absolute Gasteiger partial charge is 0.407 e. The second-order valence-electron chi connectivity index (χ2n) is 6.29. The van der Waals surface area contributed by atoms with Crippen LogP contribution in [0.5, 0.6) is 0 Å². The van der Waals surface area contributed by atoms with E-state index >= 15 is 0 Å². The minimum atomic E-state index is -0.475. The number of amides is 1. The summed E-state index contributed by atoms with van der Waals surface area (Å²) in [4.78, 5) is 22.2. The third kappa shape index (κ3) is 4.73. The van der Waals surface area contributed by atoms with Gasteiger partial charge in [-0.2, -0.15) is 4.98 Å². The molecule has 0 spiro atoms. The molecule has 8 heteroatoms. The van der Waals surface area contributed by atoms with Crippen LogP contribution in [0.4, 0.5) is 16.6 Å². The first-order valence-corrected chi connectivity index (χ1v) is 7.41. The van der Waals surface area contributed by atoms with Crippen LogP contribution in [0.25, 0.3) is 0 Å². The molecular weight excluding hydrogens is 284 g/mol. The van der Waals surface area contributed by atoms with E-state index in [4.69, 9.17) is 10.6 Å². The Bertz CT molecular complexity index is 508. The van der Waals surface area contributed by atoms with Gasteiger partial charge in [0.2, 0.25) is 5.95 Å². The van der Waals surface area contributed by atoms with Crippen LogP contribution in [0.1, 0.15) is 33.6 Å². The van der Waals surface area contributed by atoms with Crippen molar-refractivity contribution in [2.24, 2.45) is 5.84 Å². The summed E-state index contributed by atoms with van der Waals surface area (Å²) in [5.74, 6) is 6.55. The standard InChI is InChI=1S/C14H24N6O2/c1-14(2,3)22-13(21)17-10-5-8-20(9-6-10)11-4-7-16-12(18-11)19-15/h4,7,10H,5-6,8-9,15H2,1-3H3,(H,17,21)(H,16,18,19). The zero-order valence-electron chi connectivity index (χ0n) is 13.3. The van der Waals surface area contributed by atoms with Crippen molar-refractivity contribution >= 4 is 17.9 Å². The number of nitrogens with one attached hydrogen (secondary N) is 2. The molecule has 0 aliphatic carbocycles. The first-order chi connectivity index (χ1) is 10.4. The quantitative estimate of drug-likeness (QED) is 0.570. The van der Waals surface area contributed by atoms with Crippen LogP contribution in [-0.2, 0) is 4.74 Å². The molecule has 0 bridgehead atoms. The van der Waals surface area contributed by atoms with Crippen LogP contribution >= 0.6 is 0 Å². The predicted molar refractivity (Wildman–Crippen MR) is 84.4 cm³/mol. The van der Waals surface area contributed by atoms with Gasteiger partial charge in [0.15, 0.2) is 0 Å². The lowest BCUT2D eigenvalue weighted by Crippen LogP contribution is -2.46. The van der Waals surface area contributed by atoms with Crippen molar-refractivity contribution < 1.29 is 9.53 Å². The number of anilines is 2. The lowest BCUT2D eigenvalue weighted by atomic mass is 10.1. The third-order valence-corrected chi connectivity index (χ3v) is 3.31. The van der Waals surface area contributed by atoms with Gasteiger partial charge in [0.1, 0.15) is 11.4 Å². The summed E-state index contributed by atoms with van der Waals surface area (Å²) in [5, 5.41) is 2.92. The maximum absolute atomic E-state index is 11.8. The first-order valence-electron chi connectivity index (χ1n) is 7.41. The topological polar surface area (TPSA) is 105 Å². The average molecular weight is 308 g/mol. The number of rotatable bonds is 3. The van der Waals surface area contributed by atoms with Crippen molar-refractivity contribution in [2.45, 2.75) is 45.3 Å². The van der Waals surface area contributed by atoms with E-state index in [9.17, 15) is 4.79 Å². The van der Waals surface area contributed by atoms with Gasteiger partial charge in [-0.3, -0.25) is 5.43 Å². The van der Waals surface area contributed by atoms with Gasteiger partial charge in [-0.15, -0.1) is 0 Å². The molecule has 0 saturated carbocycles. The van der Waals surface area contributed by atoms with Crippen molar-refractivity contribution in [3.8, 4) is 0 Å². The fraction of sp³-hybridized carbons (Fsp3) is 0.643. The third-order valence-electron chi connectivity index (χ3n) is 3.31. The van der Waals surface area contributed by atoms with E-state index in [1.807, 2.05) is 26.8 Å². The summed E-state index contributed by atoms with van der Waals surface area (Å²) in [5.41, 5.74) is 1.97. The molecule has 0 aromatic carbocycles.